The second-order valence-electron chi connectivity index (χ2n) is 5.42. The lowest BCUT2D eigenvalue weighted by Crippen LogP contribution is -2.25. The highest BCUT2D eigenvalue weighted by Gasteiger charge is 2.22. The van der Waals surface area contributed by atoms with Crippen LogP contribution in [0.5, 0.6) is 5.88 Å². The lowest BCUT2D eigenvalue weighted by molar-refractivity contribution is 0.0946. The summed E-state index contributed by atoms with van der Waals surface area (Å²) in [4.78, 5) is 12.0. The molecule has 1 heterocycles. The Hall–Kier alpha value is -2.30. The number of aryl methyl sites for hydroxylation is 1. The Balaban J connectivity index is 1.59. The maximum atomic E-state index is 12.0. The van der Waals surface area contributed by atoms with E-state index in [4.69, 9.17) is 4.74 Å². The molecule has 1 aliphatic carbocycles. The van der Waals surface area contributed by atoms with E-state index in [1.54, 1.807) is 17.8 Å². The van der Waals surface area contributed by atoms with Crippen molar-refractivity contribution in [2.45, 2.75) is 19.4 Å². The van der Waals surface area contributed by atoms with E-state index in [1.165, 1.54) is 12.8 Å². The van der Waals surface area contributed by atoms with Gasteiger partial charge in [-0.1, -0.05) is 30.3 Å². The van der Waals surface area contributed by atoms with E-state index in [9.17, 15) is 4.79 Å². The van der Waals surface area contributed by atoms with Crippen molar-refractivity contribution < 1.29 is 9.53 Å². The molecule has 21 heavy (non-hydrogen) atoms. The molecule has 1 aromatic heterocycles. The molecule has 0 saturated heterocycles. The first-order valence-corrected chi connectivity index (χ1v) is 7.21. The van der Waals surface area contributed by atoms with Crippen molar-refractivity contribution in [2.24, 2.45) is 13.0 Å². The second kappa shape index (κ2) is 5.99. The quantitative estimate of drug-likeness (QED) is 0.884. The molecule has 0 radical (unpaired) electrons. The largest absolute Gasteiger partial charge is 0.473 e. The normalized spacial score (nSPS) is 14.0. The third-order valence-electron chi connectivity index (χ3n) is 3.55. The van der Waals surface area contributed by atoms with Crippen LogP contribution >= 0.6 is 0 Å². The second-order valence-corrected chi connectivity index (χ2v) is 5.42. The van der Waals surface area contributed by atoms with E-state index < -0.39 is 0 Å². The van der Waals surface area contributed by atoms with E-state index in [-0.39, 0.29) is 5.91 Å². The number of hydrogen-bond donors (Lipinski definition) is 1. The highest BCUT2D eigenvalue weighted by molar-refractivity contribution is 5.92. The van der Waals surface area contributed by atoms with Gasteiger partial charge < -0.3 is 10.1 Å². The Morgan fingerprint density at radius 1 is 1.38 bits per heavy atom. The fraction of sp³-hybridized carbons (Fsp3) is 0.375. The zero-order valence-electron chi connectivity index (χ0n) is 12.1. The van der Waals surface area contributed by atoms with Crippen LogP contribution in [0.1, 0.15) is 28.9 Å². The molecule has 0 spiro atoms. The number of rotatable bonds is 6. The van der Waals surface area contributed by atoms with Gasteiger partial charge >= 0.3 is 0 Å². The molecule has 0 unspecified atom stereocenters. The van der Waals surface area contributed by atoms with E-state index in [0.29, 0.717) is 24.1 Å². The Kier molecular flexibility index (Phi) is 3.90. The van der Waals surface area contributed by atoms with Gasteiger partial charge in [0.2, 0.25) is 5.88 Å². The van der Waals surface area contributed by atoms with Gasteiger partial charge in [-0.05, 0) is 24.3 Å². The van der Waals surface area contributed by atoms with Crippen molar-refractivity contribution >= 4 is 5.91 Å². The summed E-state index contributed by atoms with van der Waals surface area (Å²) in [6.07, 6.45) is 2.43. The van der Waals surface area contributed by atoms with Gasteiger partial charge in [-0.25, -0.2) is 4.68 Å². The Morgan fingerprint density at radius 3 is 2.86 bits per heavy atom. The average Bonchev–Trinajstić information content (AvgIpc) is 3.26. The van der Waals surface area contributed by atoms with Crippen molar-refractivity contribution in [1.82, 2.24) is 15.1 Å². The average molecular weight is 285 g/mol. The molecule has 1 amide bonds. The van der Waals surface area contributed by atoms with Gasteiger partial charge in [0.05, 0.1) is 0 Å². The topological polar surface area (TPSA) is 56.2 Å². The molecule has 1 aromatic carbocycles. The van der Waals surface area contributed by atoms with Gasteiger partial charge in [0.1, 0.15) is 6.61 Å². The first-order valence-electron chi connectivity index (χ1n) is 7.21. The van der Waals surface area contributed by atoms with Crippen LogP contribution in [0.4, 0.5) is 0 Å². The van der Waals surface area contributed by atoms with Crippen LogP contribution in [-0.4, -0.2) is 22.2 Å². The minimum atomic E-state index is -0.132. The third-order valence-corrected chi connectivity index (χ3v) is 3.55. The first kappa shape index (κ1) is 13.7. The summed E-state index contributed by atoms with van der Waals surface area (Å²) >= 11 is 0. The van der Waals surface area contributed by atoms with Crippen molar-refractivity contribution in [3.05, 3.63) is 47.7 Å². The molecular formula is C16H19N3O2. The summed E-state index contributed by atoms with van der Waals surface area (Å²) in [5, 5.41) is 7.11. The molecule has 110 valence electrons. The van der Waals surface area contributed by atoms with E-state index in [2.05, 4.69) is 10.4 Å². The predicted octanol–water partition coefficient (Wildman–Crippen LogP) is 2.14. The van der Waals surface area contributed by atoms with Crippen LogP contribution in [0.2, 0.25) is 0 Å². The lowest BCUT2D eigenvalue weighted by Gasteiger charge is -2.05. The monoisotopic (exact) mass is 285 g/mol. The standard InChI is InChI=1S/C16H19N3O2/c1-19-15(21-11-13-5-3-2-4-6-13)9-14(18-19)16(20)17-10-12-7-8-12/h2-6,9,12H,7-8,10-11H2,1H3,(H,17,20). The Labute approximate surface area is 123 Å². The molecule has 2 aromatic rings. The van der Waals surface area contributed by atoms with Gasteiger partial charge in [0.25, 0.3) is 5.91 Å². The first-order chi connectivity index (χ1) is 10.2. The fourth-order valence-electron chi connectivity index (χ4n) is 2.08. The molecule has 5 heteroatoms. The number of aromatic nitrogens is 2. The highest BCUT2D eigenvalue weighted by atomic mass is 16.5. The summed E-state index contributed by atoms with van der Waals surface area (Å²) in [5.74, 6) is 1.12. The van der Waals surface area contributed by atoms with Crippen LogP contribution < -0.4 is 10.1 Å². The fourth-order valence-corrected chi connectivity index (χ4v) is 2.08. The molecule has 1 aliphatic rings. The number of carbonyl (C=O) groups excluding carboxylic acids is 1. The molecular weight excluding hydrogens is 266 g/mol. The van der Waals surface area contributed by atoms with Crippen LogP contribution in [0.15, 0.2) is 36.4 Å². The maximum absolute atomic E-state index is 12.0. The number of amides is 1. The summed E-state index contributed by atoms with van der Waals surface area (Å²) in [6.45, 7) is 1.21. The van der Waals surface area contributed by atoms with Crippen LogP contribution in [0.25, 0.3) is 0 Å². The van der Waals surface area contributed by atoms with Crippen molar-refractivity contribution in [2.75, 3.05) is 6.54 Å². The Morgan fingerprint density at radius 2 is 2.14 bits per heavy atom. The summed E-state index contributed by atoms with van der Waals surface area (Å²) < 4.78 is 7.30. The van der Waals surface area contributed by atoms with Crippen molar-refractivity contribution in [1.29, 1.82) is 0 Å². The number of ether oxygens (including phenoxy) is 1. The van der Waals surface area contributed by atoms with Crippen molar-refractivity contribution in [3.8, 4) is 5.88 Å². The molecule has 1 fully saturated rings. The SMILES string of the molecule is Cn1nc(C(=O)NCC2CC2)cc1OCc1ccccc1. The smallest absolute Gasteiger partial charge is 0.271 e. The molecule has 5 nitrogen and oxygen atoms in total. The van der Waals surface area contributed by atoms with E-state index in [0.717, 1.165) is 12.1 Å². The molecule has 0 aliphatic heterocycles. The minimum absolute atomic E-state index is 0.132. The summed E-state index contributed by atoms with van der Waals surface area (Å²) in [7, 11) is 1.78. The van der Waals surface area contributed by atoms with E-state index >= 15 is 0 Å². The Bertz CT molecular complexity index is 618. The van der Waals surface area contributed by atoms with Gasteiger partial charge in [-0.3, -0.25) is 4.79 Å². The van der Waals surface area contributed by atoms with Crippen LogP contribution in [0.3, 0.4) is 0 Å². The molecule has 0 atom stereocenters. The maximum Gasteiger partial charge on any atom is 0.271 e. The third kappa shape index (κ3) is 3.62. The number of carbonyl (C=O) groups is 1. The van der Waals surface area contributed by atoms with Gasteiger partial charge in [0, 0.05) is 19.7 Å². The number of benzene rings is 1. The number of nitrogens with zero attached hydrogens (tertiary/aromatic N) is 2. The zero-order valence-corrected chi connectivity index (χ0v) is 12.1. The molecule has 1 saturated carbocycles. The van der Waals surface area contributed by atoms with Crippen LogP contribution in [0, 0.1) is 5.92 Å². The number of nitrogens with one attached hydrogen (secondary N) is 1. The highest BCUT2D eigenvalue weighted by Crippen LogP contribution is 2.27. The summed E-state index contributed by atoms with van der Waals surface area (Å²) in [5.41, 5.74) is 1.49. The minimum Gasteiger partial charge on any atom is -0.473 e. The van der Waals surface area contributed by atoms with E-state index in [1.807, 2.05) is 30.3 Å². The van der Waals surface area contributed by atoms with Crippen LogP contribution in [-0.2, 0) is 13.7 Å². The van der Waals surface area contributed by atoms with Gasteiger partial charge in [0.15, 0.2) is 5.69 Å². The van der Waals surface area contributed by atoms with Gasteiger partial charge in [-0.15, -0.1) is 0 Å². The lowest BCUT2D eigenvalue weighted by atomic mass is 10.2. The molecule has 0 bridgehead atoms. The molecule has 1 N–H and O–H groups in total. The van der Waals surface area contributed by atoms with Crippen molar-refractivity contribution in [3.63, 3.8) is 0 Å². The number of hydrogen-bond acceptors (Lipinski definition) is 3. The predicted molar refractivity (Wildman–Crippen MR) is 79.0 cm³/mol. The zero-order chi connectivity index (χ0) is 14.7. The molecule has 3 rings (SSSR count). The summed E-state index contributed by atoms with van der Waals surface area (Å²) in [6, 6.07) is 11.6. The van der Waals surface area contributed by atoms with Gasteiger partial charge in [-0.2, -0.15) is 5.10 Å².